The molecule has 0 amide bonds. The predicted octanol–water partition coefficient (Wildman–Crippen LogP) is 3.25. The van der Waals surface area contributed by atoms with E-state index in [4.69, 9.17) is 0 Å². The van der Waals surface area contributed by atoms with Crippen LogP contribution in [0.2, 0.25) is 0 Å². The third-order valence-electron chi connectivity index (χ3n) is 6.02. The number of hydrogen-bond acceptors (Lipinski definition) is 7. The van der Waals surface area contributed by atoms with Gasteiger partial charge in [0, 0.05) is 30.8 Å². The second-order valence-corrected chi connectivity index (χ2v) is 9.48. The highest BCUT2D eigenvalue weighted by atomic mass is 16.1. The molecule has 4 heterocycles. The Morgan fingerprint density at radius 2 is 1.94 bits per heavy atom. The average molecular weight is 457 g/mol. The molecule has 1 aromatic carbocycles. The number of nitrogens with one attached hydrogen (secondary N) is 2. The zero-order chi connectivity index (χ0) is 23.9. The summed E-state index contributed by atoms with van der Waals surface area (Å²) in [6.07, 6.45) is 7.78. The lowest BCUT2D eigenvalue weighted by Crippen LogP contribution is -2.23. The largest absolute Gasteiger partial charge is 0.324 e. The number of aromatic nitrogens is 6. The van der Waals surface area contributed by atoms with E-state index in [1.165, 1.54) is 15.8 Å². The van der Waals surface area contributed by atoms with Crippen LogP contribution >= 0.6 is 0 Å². The molecular formula is C25H28N8O. The molecule has 4 aromatic rings. The molecule has 34 heavy (non-hydrogen) atoms. The molecule has 0 radical (unpaired) electrons. The van der Waals surface area contributed by atoms with Gasteiger partial charge in [0.05, 0.1) is 6.54 Å². The summed E-state index contributed by atoms with van der Waals surface area (Å²) in [5.41, 5.74) is 4.67. The van der Waals surface area contributed by atoms with Gasteiger partial charge in [-0.15, -0.1) is 6.58 Å². The van der Waals surface area contributed by atoms with E-state index >= 15 is 0 Å². The standard InChI is InChI=1S/C25H28N8O/c1-5-10-32-22(34)20-15-27-23(30-19-7-6-17-12-26-9-8-16(17)11-19)31-21(20)33(32)24-28-13-18(14-29-24)25(2,3)4/h5-7,11,13-15,26H,1,8-10,12H2,2-4H3,(H,27,30,31). The van der Waals surface area contributed by atoms with Crippen molar-refractivity contribution in [2.75, 3.05) is 11.9 Å². The molecule has 9 heteroatoms. The summed E-state index contributed by atoms with van der Waals surface area (Å²) in [6.45, 7) is 12.2. The van der Waals surface area contributed by atoms with E-state index < -0.39 is 0 Å². The maximum atomic E-state index is 13.1. The van der Waals surface area contributed by atoms with Crippen molar-refractivity contribution in [3.05, 3.63) is 76.5 Å². The van der Waals surface area contributed by atoms with Gasteiger partial charge in [-0.1, -0.05) is 32.9 Å². The molecule has 0 saturated carbocycles. The second kappa shape index (κ2) is 8.49. The summed E-state index contributed by atoms with van der Waals surface area (Å²) in [6, 6.07) is 6.27. The van der Waals surface area contributed by atoms with Crippen molar-refractivity contribution < 1.29 is 0 Å². The molecule has 0 fully saturated rings. The van der Waals surface area contributed by atoms with Gasteiger partial charge >= 0.3 is 0 Å². The number of fused-ring (bicyclic) bond motifs is 2. The van der Waals surface area contributed by atoms with Crippen LogP contribution in [0, 0.1) is 0 Å². The summed E-state index contributed by atoms with van der Waals surface area (Å²) in [5.74, 6) is 0.769. The lowest BCUT2D eigenvalue weighted by atomic mass is 9.89. The Bertz CT molecular complexity index is 1430. The lowest BCUT2D eigenvalue weighted by Gasteiger charge is -2.18. The highest BCUT2D eigenvalue weighted by Crippen LogP contribution is 2.23. The summed E-state index contributed by atoms with van der Waals surface area (Å²) < 4.78 is 3.16. The first kappa shape index (κ1) is 22.0. The molecule has 0 bridgehead atoms. The maximum absolute atomic E-state index is 13.1. The number of nitrogens with zero attached hydrogens (tertiary/aromatic N) is 6. The van der Waals surface area contributed by atoms with E-state index in [2.05, 4.69) is 70.1 Å². The number of anilines is 2. The quantitative estimate of drug-likeness (QED) is 0.445. The molecule has 5 rings (SSSR count). The molecule has 3 aromatic heterocycles. The third-order valence-corrected chi connectivity index (χ3v) is 6.02. The van der Waals surface area contributed by atoms with Crippen LogP contribution in [0.4, 0.5) is 11.6 Å². The Balaban J connectivity index is 1.58. The molecule has 0 saturated heterocycles. The Hall–Kier alpha value is -3.85. The highest BCUT2D eigenvalue weighted by Gasteiger charge is 2.20. The van der Waals surface area contributed by atoms with Gasteiger partial charge in [-0.3, -0.25) is 4.79 Å². The van der Waals surface area contributed by atoms with Crippen molar-refractivity contribution in [1.82, 2.24) is 34.6 Å². The highest BCUT2D eigenvalue weighted by molar-refractivity contribution is 5.76. The fraction of sp³-hybridized carbons (Fsp3) is 0.320. The van der Waals surface area contributed by atoms with Crippen molar-refractivity contribution in [2.24, 2.45) is 0 Å². The number of benzene rings is 1. The van der Waals surface area contributed by atoms with Crippen molar-refractivity contribution in [3.8, 4) is 5.95 Å². The molecule has 174 valence electrons. The van der Waals surface area contributed by atoms with E-state index in [0.29, 0.717) is 29.5 Å². The summed E-state index contributed by atoms with van der Waals surface area (Å²) >= 11 is 0. The van der Waals surface area contributed by atoms with Crippen LogP contribution in [0.15, 0.2) is 54.2 Å². The zero-order valence-electron chi connectivity index (χ0n) is 19.7. The van der Waals surface area contributed by atoms with Crippen molar-refractivity contribution in [1.29, 1.82) is 0 Å². The van der Waals surface area contributed by atoms with Gasteiger partial charge in [0.25, 0.3) is 11.5 Å². The SMILES string of the molecule is C=CCn1c(=O)c2cnc(Nc3ccc4c(c3)CCNC4)nc2n1-c1ncc(C(C)(C)C)cn1. The Morgan fingerprint density at radius 3 is 2.68 bits per heavy atom. The van der Waals surface area contributed by atoms with Gasteiger partial charge < -0.3 is 10.6 Å². The molecule has 9 nitrogen and oxygen atoms in total. The predicted molar refractivity (Wildman–Crippen MR) is 133 cm³/mol. The fourth-order valence-corrected chi connectivity index (χ4v) is 4.08. The topological polar surface area (TPSA) is 103 Å². The van der Waals surface area contributed by atoms with E-state index in [-0.39, 0.29) is 11.0 Å². The molecule has 1 aliphatic heterocycles. The number of rotatable bonds is 5. The Labute approximate surface area is 197 Å². The Morgan fingerprint density at radius 1 is 1.15 bits per heavy atom. The summed E-state index contributed by atoms with van der Waals surface area (Å²) in [5, 5.41) is 7.06. The first-order valence-corrected chi connectivity index (χ1v) is 11.4. The van der Waals surface area contributed by atoms with E-state index in [9.17, 15) is 4.79 Å². The van der Waals surface area contributed by atoms with Crippen molar-refractivity contribution >= 4 is 22.7 Å². The maximum Gasteiger partial charge on any atom is 0.278 e. The van der Waals surface area contributed by atoms with Gasteiger partial charge in [-0.05, 0) is 47.2 Å². The minimum atomic E-state index is -0.216. The van der Waals surface area contributed by atoms with Crippen molar-refractivity contribution in [3.63, 3.8) is 0 Å². The van der Waals surface area contributed by atoms with E-state index in [1.807, 2.05) is 6.07 Å². The molecular weight excluding hydrogens is 428 g/mol. The van der Waals surface area contributed by atoms with Crippen LogP contribution in [-0.2, 0) is 24.9 Å². The fourth-order valence-electron chi connectivity index (χ4n) is 4.08. The number of allylic oxidation sites excluding steroid dienone is 1. The smallest absolute Gasteiger partial charge is 0.278 e. The van der Waals surface area contributed by atoms with E-state index in [0.717, 1.165) is 30.8 Å². The molecule has 1 aliphatic rings. The normalized spacial score (nSPS) is 13.6. The van der Waals surface area contributed by atoms with Gasteiger partial charge in [0.2, 0.25) is 5.95 Å². The lowest BCUT2D eigenvalue weighted by molar-refractivity contribution is 0.568. The van der Waals surface area contributed by atoms with E-state index in [1.54, 1.807) is 29.3 Å². The van der Waals surface area contributed by atoms with Gasteiger partial charge in [0.15, 0.2) is 5.65 Å². The zero-order valence-corrected chi connectivity index (χ0v) is 19.7. The van der Waals surface area contributed by atoms with Crippen LogP contribution in [-0.4, -0.2) is 35.8 Å². The van der Waals surface area contributed by atoms with Gasteiger partial charge in [-0.25, -0.2) is 19.6 Å². The molecule has 0 spiro atoms. The first-order valence-electron chi connectivity index (χ1n) is 11.4. The minimum absolute atomic E-state index is 0.0811. The molecule has 0 atom stereocenters. The Kier molecular flexibility index (Phi) is 5.49. The number of hydrogen-bond donors (Lipinski definition) is 2. The summed E-state index contributed by atoms with van der Waals surface area (Å²) in [4.78, 5) is 31.3. The van der Waals surface area contributed by atoms with Crippen LogP contribution in [0.25, 0.3) is 17.0 Å². The second-order valence-electron chi connectivity index (χ2n) is 9.48. The minimum Gasteiger partial charge on any atom is -0.324 e. The van der Waals surface area contributed by atoms with Crippen LogP contribution in [0.1, 0.15) is 37.5 Å². The molecule has 0 aliphatic carbocycles. The van der Waals surface area contributed by atoms with Gasteiger partial charge in [-0.2, -0.15) is 9.67 Å². The molecule has 2 N–H and O–H groups in total. The van der Waals surface area contributed by atoms with Crippen LogP contribution < -0.4 is 16.2 Å². The summed E-state index contributed by atoms with van der Waals surface area (Å²) in [7, 11) is 0. The van der Waals surface area contributed by atoms with Crippen LogP contribution in [0.5, 0.6) is 0 Å². The van der Waals surface area contributed by atoms with Crippen LogP contribution in [0.3, 0.4) is 0 Å². The average Bonchev–Trinajstić information content (AvgIpc) is 3.09. The van der Waals surface area contributed by atoms with Gasteiger partial charge in [0.1, 0.15) is 5.39 Å². The monoisotopic (exact) mass is 456 g/mol. The first-order chi connectivity index (χ1) is 16.3. The third kappa shape index (κ3) is 3.99. The van der Waals surface area contributed by atoms with Crippen molar-refractivity contribution in [2.45, 2.75) is 45.7 Å². The molecule has 0 unspecified atom stereocenters.